The molecule has 0 aliphatic heterocycles. The standard InChI is InChI=1S/C24H21FN2O4/c1-13-8-20-23(21(9-13)31-12-22(28)30-3)14(2)18(24(29)27-20)11-17-6-4-15-10-16(25)5-7-19(15)26-17/h4-10H,11-12H2,1-3H3,(H,27,29). The van der Waals surface area contributed by atoms with Gasteiger partial charge in [-0.05, 0) is 61.4 Å². The van der Waals surface area contributed by atoms with E-state index in [9.17, 15) is 14.0 Å². The zero-order valence-corrected chi connectivity index (χ0v) is 17.4. The SMILES string of the molecule is COC(=O)COc1cc(C)cc2[nH]c(=O)c(Cc3ccc4cc(F)ccc4n3)c(C)c12. The maximum atomic E-state index is 13.4. The number of aryl methyl sites for hydroxylation is 2. The van der Waals surface area contributed by atoms with Crippen LogP contribution in [-0.2, 0) is 16.0 Å². The van der Waals surface area contributed by atoms with E-state index in [-0.39, 0.29) is 18.0 Å². The fourth-order valence-corrected chi connectivity index (χ4v) is 3.70. The van der Waals surface area contributed by atoms with Crippen LogP contribution in [0.5, 0.6) is 5.75 Å². The number of nitrogens with one attached hydrogen (secondary N) is 1. The molecule has 31 heavy (non-hydrogen) atoms. The zero-order valence-electron chi connectivity index (χ0n) is 17.4. The minimum atomic E-state index is -0.492. The minimum absolute atomic E-state index is 0.212. The van der Waals surface area contributed by atoms with Crippen LogP contribution < -0.4 is 10.3 Å². The summed E-state index contributed by atoms with van der Waals surface area (Å²) in [4.78, 5) is 31.9. The first-order valence-electron chi connectivity index (χ1n) is 9.76. The molecule has 4 aromatic rings. The second-order valence-electron chi connectivity index (χ2n) is 7.42. The predicted molar refractivity (Wildman–Crippen MR) is 116 cm³/mol. The molecule has 0 atom stereocenters. The number of fused-ring (bicyclic) bond motifs is 2. The molecule has 0 saturated heterocycles. The van der Waals surface area contributed by atoms with Gasteiger partial charge in [-0.1, -0.05) is 6.07 Å². The van der Waals surface area contributed by atoms with Gasteiger partial charge in [0.05, 0.1) is 18.1 Å². The van der Waals surface area contributed by atoms with Crippen LogP contribution >= 0.6 is 0 Å². The van der Waals surface area contributed by atoms with Crippen molar-refractivity contribution in [1.29, 1.82) is 0 Å². The third-order valence-corrected chi connectivity index (χ3v) is 5.24. The number of carbonyl (C=O) groups excluding carboxylic acids is 1. The Morgan fingerprint density at radius 2 is 1.94 bits per heavy atom. The summed E-state index contributed by atoms with van der Waals surface area (Å²) in [6, 6.07) is 11.7. The molecule has 0 aliphatic rings. The molecule has 2 aromatic heterocycles. The highest BCUT2D eigenvalue weighted by Gasteiger charge is 2.16. The second kappa shape index (κ2) is 8.18. The van der Waals surface area contributed by atoms with E-state index in [4.69, 9.17) is 4.74 Å². The van der Waals surface area contributed by atoms with E-state index >= 15 is 0 Å². The van der Waals surface area contributed by atoms with Crippen molar-refractivity contribution < 1.29 is 18.7 Å². The summed E-state index contributed by atoms with van der Waals surface area (Å²) in [5.74, 6) is -0.315. The van der Waals surface area contributed by atoms with Gasteiger partial charge in [-0.25, -0.2) is 9.18 Å². The van der Waals surface area contributed by atoms with Crippen LogP contribution in [0, 0.1) is 19.7 Å². The molecule has 0 unspecified atom stereocenters. The smallest absolute Gasteiger partial charge is 0.343 e. The van der Waals surface area contributed by atoms with Crippen molar-refractivity contribution in [1.82, 2.24) is 9.97 Å². The first-order chi connectivity index (χ1) is 14.9. The van der Waals surface area contributed by atoms with Crippen LogP contribution in [0.1, 0.15) is 22.4 Å². The average Bonchev–Trinajstić information content (AvgIpc) is 2.74. The Bertz CT molecular complexity index is 1380. The molecular formula is C24H21FN2O4. The summed E-state index contributed by atoms with van der Waals surface area (Å²) in [7, 11) is 1.30. The third-order valence-electron chi connectivity index (χ3n) is 5.24. The highest BCUT2D eigenvalue weighted by atomic mass is 19.1. The Labute approximate surface area is 177 Å². The van der Waals surface area contributed by atoms with Gasteiger partial charge in [-0.3, -0.25) is 9.78 Å². The molecule has 0 amide bonds. The van der Waals surface area contributed by atoms with Crippen molar-refractivity contribution in [3.8, 4) is 5.75 Å². The Morgan fingerprint density at radius 1 is 1.13 bits per heavy atom. The molecule has 0 radical (unpaired) electrons. The number of H-pyrrole nitrogens is 1. The van der Waals surface area contributed by atoms with E-state index in [1.807, 2.05) is 26.0 Å². The van der Waals surface area contributed by atoms with Crippen molar-refractivity contribution in [3.05, 3.63) is 81.0 Å². The molecule has 0 bridgehead atoms. The van der Waals surface area contributed by atoms with E-state index in [0.29, 0.717) is 39.8 Å². The van der Waals surface area contributed by atoms with Gasteiger partial charge in [0.25, 0.3) is 5.56 Å². The fraction of sp³-hybridized carbons (Fsp3) is 0.208. The molecular weight excluding hydrogens is 399 g/mol. The maximum Gasteiger partial charge on any atom is 0.343 e. The molecule has 0 saturated carbocycles. The number of esters is 1. The Morgan fingerprint density at radius 3 is 2.71 bits per heavy atom. The monoisotopic (exact) mass is 420 g/mol. The summed E-state index contributed by atoms with van der Waals surface area (Å²) in [5, 5.41) is 1.42. The van der Waals surface area contributed by atoms with Crippen LogP contribution in [0.4, 0.5) is 4.39 Å². The molecule has 6 nitrogen and oxygen atoms in total. The van der Waals surface area contributed by atoms with Crippen LogP contribution in [0.25, 0.3) is 21.8 Å². The Balaban J connectivity index is 1.79. The quantitative estimate of drug-likeness (QED) is 0.494. The lowest BCUT2D eigenvalue weighted by Gasteiger charge is -2.14. The number of hydrogen-bond acceptors (Lipinski definition) is 5. The number of hydrogen-bond donors (Lipinski definition) is 1. The molecule has 0 spiro atoms. The molecule has 2 heterocycles. The van der Waals surface area contributed by atoms with Crippen molar-refractivity contribution in [2.24, 2.45) is 0 Å². The van der Waals surface area contributed by atoms with Gasteiger partial charge in [-0.15, -0.1) is 0 Å². The van der Waals surface area contributed by atoms with Gasteiger partial charge in [-0.2, -0.15) is 0 Å². The van der Waals surface area contributed by atoms with Gasteiger partial charge < -0.3 is 14.5 Å². The summed E-state index contributed by atoms with van der Waals surface area (Å²) < 4.78 is 23.8. The molecule has 0 aliphatic carbocycles. The summed E-state index contributed by atoms with van der Waals surface area (Å²) >= 11 is 0. The lowest BCUT2D eigenvalue weighted by Crippen LogP contribution is -2.17. The third kappa shape index (κ3) is 4.12. The van der Waals surface area contributed by atoms with Crippen LogP contribution in [0.3, 0.4) is 0 Å². The number of pyridine rings is 2. The van der Waals surface area contributed by atoms with E-state index in [1.54, 1.807) is 18.2 Å². The Hall–Kier alpha value is -3.74. The number of ether oxygens (including phenoxy) is 2. The largest absolute Gasteiger partial charge is 0.481 e. The topological polar surface area (TPSA) is 81.3 Å². The first-order valence-corrected chi connectivity index (χ1v) is 9.76. The van der Waals surface area contributed by atoms with E-state index in [2.05, 4.69) is 14.7 Å². The van der Waals surface area contributed by atoms with Crippen molar-refractivity contribution >= 4 is 27.8 Å². The number of methoxy groups -OCH3 is 1. The van der Waals surface area contributed by atoms with E-state index in [1.165, 1.54) is 19.2 Å². The molecule has 1 N–H and O–H groups in total. The number of aromatic nitrogens is 2. The second-order valence-corrected chi connectivity index (χ2v) is 7.42. The van der Waals surface area contributed by atoms with E-state index < -0.39 is 5.97 Å². The predicted octanol–water partition coefficient (Wildman–Crippen LogP) is 3.97. The lowest BCUT2D eigenvalue weighted by molar-refractivity contribution is -0.142. The minimum Gasteiger partial charge on any atom is -0.481 e. The van der Waals surface area contributed by atoms with Crippen LogP contribution in [0.15, 0.2) is 47.3 Å². The van der Waals surface area contributed by atoms with Gasteiger partial charge >= 0.3 is 5.97 Å². The van der Waals surface area contributed by atoms with Crippen LogP contribution in [-0.4, -0.2) is 29.7 Å². The number of aromatic amines is 1. The molecule has 4 rings (SSSR count). The number of carbonyl (C=O) groups is 1. The Kier molecular flexibility index (Phi) is 5.42. The number of nitrogens with zero attached hydrogens (tertiary/aromatic N) is 1. The van der Waals surface area contributed by atoms with Crippen molar-refractivity contribution in [3.63, 3.8) is 0 Å². The number of rotatable bonds is 5. The zero-order chi connectivity index (χ0) is 22.1. The van der Waals surface area contributed by atoms with Crippen molar-refractivity contribution in [2.75, 3.05) is 13.7 Å². The molecule has 0 fully saturated rings. The normalized spacial score (nSPS) is 11.1. The van der Waals surface area contributed by atoms with E-state index in [0.717, 1.165) is 16.5 Å². The van der Waals surface area contributed by atoms with Crippen LogP contribution in [0.2, 0.25) is 0 Å². The lowest BCUT2D eigenvalue weighted by atomic mass is 9.99. The first kappa shape index (κ1) is 20.5. The summed E-state index contributed by atoms with van der Waals surface area (Å²) in [5.41, 5.74) is 3.96. The van der Waals surface area contributed by atoms with Gasteiger partial charge in [0.2, 0.25) is 0 Å². The highest BCUT2D eigenvalue weighted by Crippen LogP contribution is 2.30. The molecule has 158 valence electrons. The summed E-state index contributed by atoms with van der Waals surface area (Å²) in [6.07, 6.45) is 0.300. The molecule has 2 aromatic carbocycles. The number of halogens is 1. The van der Waals surface area contributed by atoms with Crippen molar-refractivity contribution in [2.45, 2.75) is 20.3 Å². The summed E-state index contributed by atoms with van der Waals surface area (Å²) in [6.45, 7) is 3.50. The number of benzene rings is 2. The van der Waals surface area contributed by atoms with Gasteiger partial charge in [0, 0.05) is 28.5 Å². The highest BCUT2D eigenvalue weighted by molar-refractivity contribution is 5.90. The van der Waals surface area contributed by atoms with Gasteiger partial charge in [0.1, 0.15) is 11.6 Å². The average molecular weight is 420 g/mol. The maximum absolute atomic E-state index is 13.4. The fourth-order valence-electron chi connectivity index (χ4n) is 3.70. The molecule has 7 heteroatoms. The van der Waals surface area contributed by atoms with Gasteiger partial charge in [0.15, 0.2) is 6.61 Å².